The maximum Gasteiger partial charge on any atom is 0.292 e. The van der Waals surface area contributed by atoms with Crippen LogP contribution >= 0.6 is 11.6 Å². The van der Waals surface area contributed by atoms with Gasteiger partial charge in [0.1, 0.15) is 5.69 Å². The lowest BCUT2D eigenvalue weighted by atomic mass is 9.77. The number of rotatable bonds is 3. The van der Waals surface area contributed by atoms with Crippen LogP contribution in [0.4, 0.5) is 11.4 Å². The van der Waals surface area contributed by atoms with E-state index in [-0.39, 0.29) is 16.8 Å². The summed E-state index contributed by atoms with van der Waals surface area (Å²) >= 11 is 5.91. The Hall–Kier alpha value is -2.07. The van der Waals surface area contributed by atoms with Crippen LogP contribution in [0.2, 0.25) is 5.02 Å². The number of nitrogens with zero attached hydrogens (tertiary/aromatic N) is 1. The van der Waals surface area contributed by atoms with E-state index in [1.165, 1.54) is 0 Å². The molecule has 4 nitrogen and oxygen atoms in total. The van der Waals surface area contributed by atoms with Gasteiger partial charge in [-0.3, -0.25) is 10.1 Å². The molecular weight excluding hydrogens is 288 g/mol. The molecule has 0 aromatic heterocycles. The Kier molecular flexibility index (Phi) is 3.92. The second-order valence-electron chi connectivity index (χ2n) is 5.61. The molecule has 0 bridgehead atoms. The molecule has 110 valence electrons. The van der Waals surface area contributed by atoms with Gasteiger partial charge in [-0.15, -0.1) is 0 Å². The lowest BCUT2D eigenvalue weighted by molar-refractivity contribution is -0.384. The zero-order valence-electron chi connectivity index (χ0n) is 12.2. The number of nitro groups is 1. The molecular formula is C16H17ClN2O2. The predicted octanol–water partition coefficient (Wildman–Crippen LogP) is 4.46. The summed E-state index contributed by atoms with van der Waals surface area (Å²) in [5, 5.41) is 11.8. The number of benzene rings is 2. The molecule has 0 amide bonds. The van der Waals surface area contributed by atoms with Crippen LogP contribution in [0.3, 0.4) is 0 Å². The van der Waals surface area contributed by atoms with Gasteiger partial charge >= 0.3 is 0 Å². The van der Waals surface area contributed by atoms with Crippen molar-refractivity contribution in [2.75, 3.05) is 5.73 Å². The highest BCUT2D eigenvalue weighted by atomic mass is 35.5. The van der Waals surface area contributed by atoms with Crippen molar-refractivity contribution < 1.29 is 4.92 Å². The molecule has 0 atom stereocenters. The second kappa shape index (κ2) is 5.37. The van der Waals surface area contributed by atoms with Crippen molar-refractivity contribution in [1.82, 2.24) is 0 Å². The van der Waals surface area contributed by atoms with Gasteiger partial charge in [0.2, 0.25) is 0 Å². The molecule has 2 N–H and O–H groups in total. The molecule has 0 aliphatic heterocycles. The van der Waals surface area contributed by atoms with E-state index in [0.717, 1.165) is 11.1 Å². The first-order valence-electron chi connectivity index (χ1n) is 6.54. The molecule has 0 fully saturated rings. The van der Waals surface area contributed by atoms with Crippen molar-refractivity contribution >= 4 is 23.0 Å². The van der Waals surface area contributed by atoms with Crippen molar-refractivity contribution in [3.05, 3.63) is 68.2 Å². The van der Waals surface area contributed by atoms with E-state index >= 15 is 0 Å². The SMILES string of the molecule is Cc1cc(C(C)(C)c2ccc(Cl)cc2)cc([N+](=O)[O-])c1N. The van der Waals surface area contributed by atoms with E-state index in [9.17, 15) is 10.1 Å². The van der Waals surface area contributed by atoms with Gasteiger partial charge in [-0.05, 0) is 35.7 Å². The molecule has 0 aliphatic carbocycles. The number of aryl methyl sites for hydroxylation is 1. The Morgan fingerprint density at radius 2 is 1.71 bits per heavy atom. The van der Waals surface area contributed by atoms with Crippen LogP contribution in [0.5, 0.6) is 0 Å². The van der Waals surface area contributed by atoms with Gasteiger partial charge in [0.05, 0.1) is 4.92 Å². The van der Waals surface area contributed by atoms with Crippen molar-refractivity contribution in [3.8, 4) is 0 Å². The van der Waals surface area contributed by atoms with E-state index in [1.54, 1.807) is 13.0 Å². The minimum atomic E-state index is -0.441. The largest absolute Gasteiger partial charge is 0.393 e. The Bertz CT molecular complexity index is 694. The normalized spacial score (nSPS) is 11.4. The maximum absolute atomic E-state index is 11.1. The quantitative estimate of drug-likeness (QED) is 0.517. The van der Waals surface area contributed by atoms with Gasteiger partial charge in [0, 0.05) is 16.5 Å². The van der Waals surface area contributed by atoms with Crippen molar-refractivity contribution in [1.29, 1.82) is 0 Å². The van der Waals surface area contributed by atoms with Gasteiger partial charge in [-0.2, -0.15) is 0 Å². The highest BCUT2D eigenvalue weighted by molar-refractivity contribution is 6.30. The summed E-state index contributed by atoms with van der Waals surface area (Å²) in [5.41, 5.74) is 8.18. The number of hydrogen-bond acceptors (Lipinski definition) is 3. The third kappa shape index (κ3) is 2.85. The van der Waals surface area contributed by atoms with Crippen LogP contribution in [-0.4, -0.2) is 4.92 Å². The molecule has 2 aromatic rings. The molecule has 0 heterocycles. The minimum Gasteiger partial charge on any atom is -0.393 e. The molecule has 5 heteroatoms. The molecule has 0 saturated heterocycles. The molecule has 0 aliphatic rings. The minimum absolute atomic E-state index is 0.0490. The summed E-state index contributed by atoms with van der Waals surface area (Å²) in [6, 6.07) is 10.9. The molecule has 0 radical (unpaired) electrons. The van der Waals surface area contributed by atoms with Crippen LogP contribution in [-0.2, 0) is 5.41 Å². The third-order valence-electron chi connectivity index (χ3n) is 3.85. The Labute approximate surface area is 128 Å². The summed E-state index contributed by atoms with van der Waals surface area (Å²) in [5.74, 6) is 0. The van der Waals surface area contributed by atoms with E-state index in [2.05, 4.69) is 0 Å². The Morgan fingerprint density at radius 3 is 2.24 bits per heavy atom. The van der Waals surface area contributed by atoms with Crippen LogP contribution < -0.4 is 5.73 Å². The van der Waals surface area contributed by atoms with Crippen molar-refractivity contribution in [2.24, 2.45) is 0 Å². The van der Waals surface area contributed by atoms with Gasteiger partial charge < -0.3 is 5.73 Å². The van der Waals surface area contributed by atoms with Crippen LogP contribution in [0, 0.1) is 17.0 Å². The molecule has 21 heavy (non-hydrogen) atoms. The zero-order valence-corrected chi connectivity index (χ0v) is 12.9. The van der Waals surface area contributed by atoms with Gasteiger partial charge in [-0.1, -0.05) is 43.6 Å². The first kappa shape index (κ1) is 15.3. The van der Waals surface area contributed by atoms with Gasteiger partial charge in [-0.25, -0.2) is 0 Å². The van der Waals surface area contributed by atoms with Crippen LogP contribution in [0.1, 0.15) is 30.5 Å². The summed E-state index contributed by atoms with van der Waals surface area (Å²) in [4.78, 5) is 10.7. The fourth-order valence-corrected chi connectivity index (χ4v) is 2.45. The molecule has 2 rings (SSSR count). The highest BCUT2D eigenvalue weighted by Crippen LogP contribution is 2.37. The fraction of sp³-hybridized carbons (Fsp3) is 0.250. The highest BCUT2D eigenvalue weighted by Gasteiger charge is 2.27. The molecule has 0 unspecified atom stereocenters. The summed E-state index contributed by atoms with van der Waals surface area (Å²) in [6.45, 7) is 5.82. The smallest absolute Gasteiger partial charge is 0.292 e. The van der Waals surface area contributed by atoms with E-state index in [0.29, 0.717) is 10.6 Å². The van der Waals surface area contributed by atoms with E-state index < -0.39 is 4.92 Å². The number of halogens is 1. The van der Waals surface area contributed by atoms with Crippen LogP contribution in [0.15, 0.2) is 36.4 Å². The maximum atomic E-state index is 11.1. The standard InChI is InChI=1S/C16H17ClN2O2/c1-10-8-12(9-14(15(10)18)19(20)21)16(2,3)11-4-6-13(17)7-5-11/h4-9H,18H2,1-3H3. The number of nitro benzene ring substituents is 1. The average molecular weight is 305 g/mol. The fourth-order valence-electron chi connectivity index (χ4n) is 2.32. The third-order valence-corrected chi connectivity index (χ3v) is 4.10. The summed E-state index contributed by atoms with van der Waals surface area (Å²) < 4.78 is 0. The lowest BCUT2D eigenvalue weighted by Crippen LogP contribution is -2.19. The predicted molar refractivity (Wildman–Crippen MR) is 85.8 cm³/mol. The second-order valence-corrected chi connectivity index (χ2v) is 6.05. The Morgan fingerprint density at radius 1 is 1.14 bits per heavy atom. The molecule has 0 spiro atoms. The Balaban J connectivity index is 2.59. The van der Waals surface area contributed by atoms with Gasteiger partial charge in [0.15, 0.2) is 0 Å². The summed E-state index contributed by atoms with van der Waals surface area (Å²) in [6.07, 6.45) is 0. The molecule has 0 saturated carbocycles. The zero-order chi connectivity index (χ0) is 15.8. The van der Waals surface area contributed by atoms with E-state index in [4.69, 9.17) is 17.3 Å². The molecule has 2 aromatic carbocycles. The van der Waals surface area contributed by atoms with Crippen molar-refractivity contribution in [3.63, 3.8) is 0 Å². The van der Waals surface area contributed by atoms with Crippen LogP contribution in [0.25, 0.3) is 0 Å². The lowest BCUT2D eigenvalue weighted by Gasteiger charge is -2.26. The first-order valence-corrected chi connectivity index (χ1v) is 6.92. The summed E-state index contributed by atoms with van der Waals surface area (Å²) in [7, 11) is 0. The van der Waals surface area contributed by atoms with Gasteiger partial charge in [0.25, 0.3) is 5.69 Å². The van der Waals surface area contributed by atoms with E-state index in [1.807, 2.05) is 44.2 Å². The first-order chi connectivity index (χ1) is 9.73. The number of anilines is 1. The number of nitrogen functional groups attached to an aromatic ring is 1. The average Bonchev–Trinajstić information content (AvgIpc) is 2.41. The number of nitrogens with two attached hydrogens (primary N) is 1. The number of hydrogen-bond donors (Lipinski definition) is 1. The topological polar surface area (TPSA) is 69.2 Å². The van der Waals surface area contributed by atoms with Crippen molar-refractivity contribution in [2.45, 2.75) is 26.2 Å². The monoisotopic (exact) mass is 304 g/mol.